The molecule has 0 saturated heterocycles. The number of thioether (sulfide) groups is 1. The van der Waals surface area contributed by atoms with Gasteiger partial charge in [-0.05, 0) is 44.0 Å². The molecule has 28 heavy (non-hydrogen) atoms. The van der Waals surface area contributed by atoms with E-state index in [1.165, 1.54) is 11.8 Å². The van der Waals surface area contributed by atoms with Gasteiger partial charge < -0.3 is 9.88 Å². The summed E-state index contributed by atoms with van der Waals surface area (Å²) in [5, 5.41) is 12.1. The lowest BCUT2D eigenvalue weighted by molar-refractivity contribution is -0.115. The molecule has 0 unspecified atom stereocenters. The Morgan fingerprint density at radius 2 is 1.89 bits per heavy atom. The standard InChI is InChI=1S/C21H25N5OS/c1-14(2)13-26-19(17-6-5-11-22-12-17)24-25-21(26)28-16(4)20(27)23-18-9-7-15(3)8-10-18/h5-12,14,16H,13H2,1-4H3,(H,23,27)/t16-/m1/s1. The summed E-state index contributed by atoms with van der Waals surface area (Å²) in [6.45, 7) is 8.97. The van der Waals surface area contributed by atoms with Crippen LogP contribution in [0.4, 0.5) is 5.69 Å². The molecule has 1 N–H and O–H groups in total. The third-order valence-corrected chi connectivity index (χ3v) is 5.24. The van der Waals surface area contributed by atoms with Crippen LogP contribution in [0, 0.1) is 12.8 Å². The van der Waals surface area contributed by atoms with E-state index in [1.54, 1.807) is 12.4 Å². The van der Waals surface area contributed by atoms with Crippen LogP contribution < -0.4 is 5.32 Å². The van der Waals surface area contributed by atoms with Crippen LogP contribution in [0.2, 0.25) is 0 Å². The largest absolute Gasteiger partial charge is 0.325 e. The van der Waals surface area contributed by atoms with Gasteiger partial charge in [-0.3, -0.25) is 9.78 Å². The van der Waals surface area contributed by atoms with Gasteiger partial charge in [-0.25, -0.2) is 0 Å². The average Bonchev–Trinajstić information content (AvgIpc) is 3.06. The first-order valence-corrected chi connectivity index (χ1v) is 10.2. The molecule has 3 aromatic rings. The minimum atomic E-state index is -0.307. The third-order valence-electron chi connectivity index (χ3n) is 4.15. The van der Waals surface area contributed by atoms with Crippen LogP contribution in [0.3, 0.4) is 0 Å². The number of rotatable bonds is 7. The van der Waals surface area contributed by atoms with Crippen LogP contribution in [-0.2, 0) is 11.3 Å². The zero-order chi connectivity index (χ0) is 20.1. The van der Waals surface area contributed by atoms with Crippen molar-refractivity contribution in [3.8, 4) is 11.4 Å². The lowest BCUT2D eigenvalue weighted by Crippen LogP contribution is -2.23. The molecule has 1 amide bonds. The normalized spacial score (nSPS) is 12.2. The molecule has 7 heteroatoms. The van der Waals surface area contributed by atoms with Crippen LogP contribution in [0.15, 0.2) is 53.9 Å². The number of carbonyl (C=O) groups is 1. The monoisotopic (exact) mass is 395 g/mol. The Balaban J connectivity index is 1.78. The van der Waals surface area contributed by atoms with E-state index in [0.717, 1.165) is 34.3 Å². The van der Waals surface area contributed by atoms with E-state index in [0.29, 0.717) is 5.92 Å². The molecule has 0 aliphatic rings. The van der Waals surface area contributed by atoms with Crippen LogP contribution in [0.1, 0.15) is 26.3 Å². The molecule has 1 atom stereocenters. The van der Waals surface area contributed by atoms with E-state index in [9.17, 15) is 4.79 Å². The second kappa shape index (κ2) is 9.01. The highest BCUT2D eigenvalue weighted by Crippen LogP contribution is 2.28. The Kier molecular flexibility index (Phi) is 6.46. The molecular formula is C21H25N5OS. The maximum Gasteiger partial charge on any atom is 0.237 e. The SMILES string of the molecule is Cc1ccc(NC(=O)[C@@H](C)Sc2nnc(-c3cccnc3)n2CC(C)C)cc1. The Bertz CT molecular complexity index is 922. The second-order valence-corrected chi connectivity index (χ2v) is 8.48. The number of amides is 1. The molecule has 146 valence electrons. The Hall–Kier alpha value is -2.67. The third kappa shape index (κ3) is 4.98. The van der Waals surface area contributed by atoms with E-state index in [4.69, 9.17) is 0 Å². The van der Waals surface area contributed by atoms with Gasteiger partial charge in [-0.1, -0.05) is 43.3 Å². The lowest BCUT2D eigenvalue weighted by atomic mass is 10.2. The lowest BCUT2D eigenvalue weighted by Gasteiger charge is -2.15. The fraction of sp³-hybridized carbons (Fsp3) is 0.333. The molecule has 0 aliphatic carbocycles. The maximum absolute atomic E-state index is 12.6. The zero-order valence-corrected chi connectivity index (χ0v) is 17.4. The number of hydrogen-bond donors (Lipinski definition) is 1. The first-order valence-electron chi connectivity index (χ1n) is 9.32. The smallest absolute Gasteiger partial charge is 0.237 e. The molecule has 0 saturated carbocycles. The summed E-state index contributed by atoms with van der Waals surface area (Å²) in [5.74, 6) is 1.13. The molecule has 2 aromatic heterocycles. The number of pyridine rings is 1. The molecule has 1 aromatic carbocycles. The van der Waals surface area contributed by atoms with Gasteiger partial charge in [0.05, 0.1) is 5.25 Å². The highest BCUT2D eigenvalue weighted by molar-refractivity contribution is 8.00. The predicted octanol–water partition coefficient (Wildman–Crippen LogP) is 4.42. The van der Waals surface area contributed by atoms with Crippen LogP contribution in [0.5, 0.6) is 0 Å². The van der Waals surface area contributed by atoms with Crippen LogP contribution >= 0.6 is 11.8 Å². The van der Waals surface area contributed by atoms with Crippen molar-refractivity contribution in [1.29, 1.82) is 0 Å². The molecule has 6 nitrogen and oxygen atoms in total. The van der Waals surface area contributed by atoms with Gasteiger partial charge in [0, 0.05) is 30.2 Å². The van der Waals surface area contributed by atoms with Crippen molar-refractivity contribution in [2.24, 2.45) is 5.92 Å². The summed E-state index contributed by atoms with van der Waals surface area (Å²) in [6, 6.07) is 11.6. The molecule has 3 rings (SSSR count). The van der Waals surface area contributed by atoms with Crippen molar-refractivity contribution in [3.05, 3.63) is 54.4 Å². The topological polar surface area (TPSA) is 72.7 Å². The first kappa shape index (κ1) is 20.1. The van der Waals surface area contributed by atoms with E-state index >= 15 is 0 Å². The van der Waals surface area contributed by atoms with Crippen molar-refractivity contribution in [1.82, 2.24) is 19.7 Å². The first-order chi connectivity index (χ1) is 13.4. The van der Waals surface area contributed by atoms with Crippen LogP contribution in [-0.4, -0.2) is 30.9 Å². The molecule has 2 heterocycles. The Labute approximate surface area is 169 Å². The van der Waals surface area contributed by atoms with Gasteiger partial charge in [0.2, 0.25) is 5.91 Å². The van der Waals surface area contributed by atoms with E-state index < -0.39 is 0 Å². The number of hydrogen-bond acceptors (Lipinski definition) is 5. The Morgan fingerprint density at radius 3 is 2.54 bits per heavy atom. The van der Waals surface area contributed by atoms with Crippen molar-refractivity contribution in [2.45, 2.75) is 44.6 Å². The van der Waals surface area contributed by atoms with Crippen molar-refractivity contribution < 1.29 is 4.79 Å². The second-order valence-electron chi connectivity index (χ2n) is 7.17. The predicted molar refractivity (Wildman–Crippen MR) is 113 cm³/mol. The van der Waals surface area contributed by atoms with Gasteiger partial charge in [-0.15, -0.1) is 10.2 Å². The molecule has 0 spiro atoms. The van der Waals surface area contributed by atoms with Crippen molar-refractivity contribution >= 4 is 23.4 Å². The maximum atomic E-state index is 12.6. The minimum absolute atomic E-state index is 0.0594. The van der Waals surface area contributed by atoms with E-state index in [-0.39, 0.29) is 11.2 Å². The average molecular weight is 396 g/mol. The summed E-state index contributed by atoms with van der Waals surface area (Å²) in [5.41, 5.74) is 2.87. The van der Waals surface area contributed by atoms with Gasteiger partial charge in [0.25, 0.3) is 0 Å². The number of nitrogens with one attached hydrogen (secondary N) is 1. The van der Waals surface area contributed by atoms with Gasteiger partial charge >= 0.3 is 0 Å². The number of nitrogens with zero attached hydrogens (tertiary/aromatic N) is 4. The molecular weight excluding hydrogens is 370 g/mol. The van der Waals surface area contributed by atoms with Crippen molar-refractivity contribution in [2.75, 3.05) is 5.32 Å². The van der Waals surface area contributed by atoms with Crippen LogP contribution in [0.25, 0.3) is 11.4 Å². The van der Waals surface area contributed by atoms with Gasteiger partial charge in [0.1, 0.15) is 0 Å². The van der Waals surface area contributed by atoms with Gasteiger partial charge in [0.15, 0.2) is 11.0 Å². The summed E-state index contributed by atoms with van der Waals surface area (Å²) in [7, 11) is 0. The van der Waals surface area contributed by atoms with Gasteiger partial charge in [-0.2, -0.15) is 0 Å². The van der Waals surface area contributed by atoms with E-state index in [2.05, 4.69) is 38.9 Å². The summed E-state index contributed by atoms with van der Waals surface area (Å²) >= 11 is 1.42. The number of aryl methyl sites for hydroxylation is 1. The number of benzene rings is 1. The number of anilines is 1. The van der Waals surface area contributed by atoms with Crippen molar-refractivity contribution in [3.63, 3.8) is 0 Å². The molecule has 0 radical (unpaired) electrons. The quantitative estimate of drug-likeness (QED) is 0.599. The highest BCUT2D eigenvalue weighted by atomic mass is 32.2. The number of aromatic nitrogens is 4. The summed E-state index contributed by atoms with van der Waals surface area (Å²) in [6.07, 6.45) is 3.52. The van der Waals surface area contributed by atoms with E-state index in [1.807, 2.05) is 50.2 Å². The fourth-order valence-electron chi connectivity index (χ4n) is 2.71. The zero-order valence-electron chi connectivity index (χ0n) is 16.6. The Morgan fingerprint density at radius 1 is 1.14 bits per heavy atom. The minimum Gasteiger partial charge on any atom is -0.325 e. The molecule has 0 bridgehead atoms. The highest BCUT2D eigenvalue weighted by Gasteiger charge is 2.21. The summed E-state index contributed by atoms with van der Waals surface area (Å²) < 4.78 is 2.07. The fourth-order valence-corrected chi connectivity index (χ4v) is 3.57. The summed E-state index contributed by atoms with van der Waals surface area (Å²) in [4.78, 5) is 16.8. The number of carbonyl (C=O) groups excluding carboxylic acids is 1. The molecule has 0 fully saturated rings. The molecule has 0 aliphatic heterocycles.